The zero-order valence-electron chi connectivity index (χ0n) is 18.6. The Labute approximate surface area is 190 Å². The van der Waals surface area contributed by atoms with E-state index in [-0.39, 0.29) is 17.2 Å². The summed E-state index contributed by atoms with van der Waals surface area (Å²) in [4.78, 5) is 27.4. The Morgan fingerprint density at radius 3 is 2.25 bits per heavy atom. The van der Waals surface area contributed by atoms with Gasteiger partial charge < -0.3 is 9.64 Å². The number of amides is 1. The van der Waals surface area contributed by atoms with E-state index < -0.39 is 28.6 Å². The summed E-state index contributed by atoms with van der Waals surface area (Å²) in [5.41, 5.74) is 1.91. The van der Waals surface area contributed by atoms with Crippen LogP contribution in [0.4, 0.5) is 0 Å². The number of nitrogens with zero attached hydrogens (tertiary/aromatic N) is 2. The molecule has 2 aromatic carbocycles. The van der Waals surface area contributed by atoms with Crippen molar-refractivity contribution in [2.75, 3.05) is 26.7 Å². The van der Waals surface area contributed by atoms with Crippen molar-refractivity contribution in [2.45, 2.75) is 43.5 Å². The summed E-state index contributed by atoms with van der Waals surface area (Å²) < 4.78 is 33.0. The van der Waals surface area contributed by atoms with Crippen LogP contribution in [0.3, 0.4) is 0 Å². The van der Waals surface area contributed by atoms with Crippen LogP contribution in [0.1, 0.15) is 30.4 Å². The fraction of sp³-hybridized carbons (Fsp3) is 0.417. The van der Waals surface area contributed by atoms with E-state index >= 15 is 0 Å². The van der Waals surface area contributed by atoms with Crippen LogP contribution < -0.4 is 0 Å². The predicted molar refractivity (Wildman–Crippen MR) is 121 cm³/mol. The first-order valence-corrected chi connectivity index (χ1v) is 12.2. The summed E-state index contributed by atoms with van der Waals surface area (Å²) in [6.07, 6.45) is 2.55. The lowest BCUT2D eigenvalue weighted by Gasteiger charge is -2.32. The molecule has 0 spiro atoms. The molecule has 2 aromatic rings. The van der Waals surface area contributed by atoms with Gasteiger partial charge in [-0.3, -0.25) is 9.59 Å². The van der Waals surface area contributed by atoms with E-state index in [4.69, 9.17) is 4.74 Å². The van der Waals surface area contributed by atoms with E-state index in [1.54, 1.807) is 17.0 Å². The van der Waals surface area contributed by atoms with Gasteiger partial charge in [-0.15, -0.1) is 0 Å². The second kappa shape index (κ2) is 10.7. The van der Waals surface area contributed by atoms with Gasteiger partial charge in [0.25, 0.3) is 0 Å². The van der Waals surface area contributed by atoms with Gasteiger partial charge in [-0.1, -0.05) is 48.0 Å². The molecule has 172 valence electrons. The van der Waals surface area contributed by atoms with Crippen molar-refractivity contribution >= 4 is 21.9 Å². The number of hydrogen-bond acceptors (Lipinski definition) is 5. The van der Waals surface area contributed by atoms with Crippen molar-refractivity contribution in [1.82, 2.24) is 9.21 Å². The van der Waals surface area contributed by atoms with E-state index in [1.165, 1.54) is 19.2 Å². The molecule has 0 bridgehead atoms. The fourth-order valence-corrected chi connectivity index (χ4v) is 5.44. The van der Waals surface area contributed by atoms with Crippen LogP contribution in [0.2, 0.25) is 0 Å². The first-order valence-electron chi connectivity index (χ1n) is 10.8. The number of methoxy groups -OCH3 is 1. The Bertz CT molecular complexity index is 1020. The van der Waals surface area contributed by atoms with Gasteiger partial charge in [0.05, 0.1) is 12.0 Å². The van der Waals surface area contributed by atoms with Crippen molar-refractivity contribution in [3.63, 3.8) is 0 Å². The fourth-order valence-electron chi connectivity index (χ4n) is 3.89. The van der Waals surface area contributed by atoms with E-state index in [1.807, 2.05) is 37.3 Å². The van der Waals surface area contributed by atoms with Crippen LogP contribution in [-0.4, -0.2) is 62.3 Å². The minimum atomic E-state index is -4.12. The smallest absolute Gasteiger partial charge is 0.321 e. The van der Waals surface area contributed by atoms with Gasteiger partial charge in [0, 0.05) is 13.1 Å². The molecule has 0 radical (unpaired) electrons. The molecule has 1 amide bonds. The molecule has 1 fully saturated rings. The second-order valence-electron chi connectivity index (χ2n) is 8.01. The first kappa shape index (κ1) is 23.9. The second-order valence-corrected chi connectivity index (χ2v) is 9.90. The quantitative estimate of drug-likeness (QED) is 0.540. The number of hydrogen-bond donors (Lipinski definition) is 0. The van der Waals surface area contributed by atoms with Gasteiger partial charge in [0.2, 0.25) is 15.9 Å². The molecule has 0 saturated carbocycles. The average molecular weight is 459 g/mol. The number of carbonyl (C=O) groups is 2. The Morgan fingerprint density at radius 1 is 1.03 bits per heavy atom. The molecule has 8 heteroatoms. The molecular formula is C24H30N2O5S. The van der Waals surface area contributed by atoms with Crippen LogP contribution >= 0.6 is 0 Å². The molecule has 0 aliphatic carbocycles. The van der Waals surface area contributed by atoms with E-state index in [9.17, 15) is 18.0 Å². The zero-order chi connectivity index (χ0) is 23.1. The summed E-state index contributed by atoms with van der Waals surface area (Å²) >= 11 is 0. The van der Waals surface area contributed by atoms with E-state index in [0.29, 0.717) is 19.5 Å². The van der Waals surface area contributed by atoms with E-state index in [0.717, 1.165) is 28.3 Å². The standard InChI is InChI=1S/C24H30N2O5S/c1-19-10-13-21(14-11-19)32(29,30)26(18-23(27)31-2)22(24(28)25-16-6-7-17-25)15-12-20-8-4-3-5-9-20/h3-5,8-11,13-14,22H,6-7,12,15-18H2,1-2H3. The first-order chi connectivity index (χ1) is 15.3. The number of carbonyl (C=O) groups excluding carboxylic acids is 2. The maximum Gasteiger partial charge on any atom is 0.321 e. The number of rotatable bonds is 9. The summed E-state index contributed by atoms with van der Waals surface area (Å²) in [5.74, 6) is -0.974. The summed E-state index contributed by atoms with van der Waals surface area (Å²) in [5, 5.41) is 0. The number of benzene rings is 2. The van der Waals surface area contributed by atoms with Crippen molar-refractivity contribution in [1.29, 1.82) is 0 Å². The van der Waals surface area contributed by atoms with Gasteiger partial charge in [-0.2, -0.15) is 4.31 Å². The Hall–Kier alpha value is -2.71. The Balaban J connectivity index is 1.99. The third-order valence-corrected chi connectivity index (χ3v) is 7.61. The van der Waals surface area contributed by atoms with Crippen LogP contribution in [0.25, 0.3) is 0 Å². The SMILES string of the molecule is COC(=O)CN(C(CCc1ccccc1)C(=O)N1CCCC1)S(=O)(=O)c1ccc(C)cc1. The highest BCUT2D eigenvalue weighted by Gasteiger charge is 2.39. The topological polar surface area (TPSA) is 84.0 Å². The van der Waals surface area contributed by atoms with Gasteiger partial charge in [0.15, 0.2) is 0 Å². The van der Waals surface area contributed by atoms with Gasteiger partial charge >= 0.3 is 5.97 Å². The van der Waals surface area contributed by atoms with Crippen molar-refractivity contribution in [3.8, 4) is 0 Å². The molecular weight excluding hydrogens is 428 g/mol. The van der Waals surface area contributed by atoms with Crippen molar-refractivity contribution < 1.29 is 22.7 Å². The zero-order valence-corrected chi connectivity index (χ0v) is 19.4. The Kier molecular flexibility index (Phi) is 8.04. The monoisotopic (exact) mass is 458 g/mol. The molecule has 1 aliphatic heterocycles. The molecule has 1 saturated heterocycles. The number of esters is 1. The molecule has 32 heavy (non-hydrogen) atoms. The third kappa shape index (κ3) is 5.75. The number of aryl methyl sites for hydroxylation is 2. The normalized spacial score (nSPS) is 15.0. The molecule has 0 N–H and O–H groups in total. The van der Waals surface area contributed by atoms with Crippen LogP contribution in [-0.2, 0) is 30.8 Å². The molecule has 7 nitrogen and oxygen atoms in total. The molecule has 0 aromatic heterocycles. The Morgan fingerprint density at radius 2 is 1.66 bits per heavy atom. The number of ether oxygens (including phenoxy) is 1. The van der Waals surface area contributed by atoms with Crippen LogP contribution in [0, 0.1) is 6.92 Å². The summed E-state index contributed by atoms with van der Waals surface area (Å²) in [6, 6.07) is 15.0. The van der Waals surface area contributed by atoms with Gasteiger partial charge in [-0.05, 0) is 50.3 Å². The van der Waals surface area contributed by atoms with Gasteiger partial charge in [0.1, 0.15) is 12.6 Å². The number of likely N-dealkylation sites (tertiary alicyclic amines) is 1. The molecule has 1 aliphatic rings. The van der Waals surface area contributed by atoms with E-state index in [2.05, 4.69) is 0 Å². The highest BCUT2D eigenvalue weighted by molar-refractivity contribution is 7.89. The minimum Gasteiger partial charge on any atom is -0.468 e. The minimum absolute atomic E-state index is 0.0472. The van der Waals surface area contributed by atoms with Crippen molar-refractivity contribution in [3.05, 3.63) is 65.7 Å². The third-order valence-electron chi connectivity index (χ3n) is 5.74. The maximum absolute atomic E-state index is 13.6. The molecule has 1 atom stereocenters. The number of sulfonamides is 1. The summed E-state index contributed by atoms with van der Waals surface area (Å²) in [6.45, 7) is 2.53. The van der Waals surface area contributed by atoms with Gasteiger partial charge in [-0.25, -0.2) is 8.42 Å². The molecule has 1 heterocycles. The lowest BCUT2D eigenvalue weighted by atomic mass is 10.0. The maximum atomic E-state index is 13.6. The highest BCUT2D eigenvalue weighted by Crippen LogP contribution is 2.24. The lowest BCUT2D eigenvalue weighted by molar-refractivity contribution is -0.142. The summed E-state index contributed by atoms with van der Waals surface area (Å²) in [7, 11) is -2.91. The largest absolute Gasteiger partial charge is 0.468 e. The van der Waals surface area contributed by atoms with Crippen LogP contribution in [0.15, 0.2) is 59.5 Å². The molecule has 1 unspecified atom stereocenters. The average Bonchev–Trinajstić information content (AvgIpc) is 3.34. The van der Waals surface area contributed by atoms with Crippen molar-refractivity contribution in [2.24, 2.45) is 0 Å². The predicted octanol–water partition coefficient (Wildman–Crippen LogP) is 2.78. The van der Waals surface area contributed by atoms with Crippen LogP contribution in [0.5, 0.6) is 0 Å². The molecule has 3 rings (SSSR count). The highest BCUT2D eigenvalue weighted by atomic mass is 32.2. The lowest BCUT2D eigenvalue weighted by Crippen LogP contribution is -2.52.